The lowest BCUT2D eigenvalue weighted by molar-refractivity contribution is 0.695. The molecule has 2 heterocycles. The van der Waals surface area contributed by atoms with E-state index in [4.69, 9.17) is 0 Å². The van der Waals surface area contributed by atoms with E-state index in [0.29, 0.717) is 0 Å². The van der Waals surface area contributed by atoms with Crippen molar-refractivity contribution in [1.29, 1.82) is 0 Å². The van der Waals surface area contributed by atoms with Crippen molar-refractivity contribution in [2.45, 2.75) is 19.9 Å². The van der Waals surface area contributed by atoms with Crippen LogP contribution in [0, 0.1) is 6.92 Å². The van der Waals surface area contributed by atoms with E-state index in [-0.39, 0.29) is 0 Å². The lowest BCUT2D eigenvalue weighted by Gasteiger charge is -2.06. The molecule has 3 aromatic rings. The van der Waals surface area contributed by atoms with Crippen LogP contribution in [0.15, 0.2) is 61.7 Å². The molecule has 3 rings (SSSR count). The Morgan fingerprint density at radius 2 is 2.00 bits per heavy atom. The maximum Gasteiger partial charge on any atom is 0.107 e. The summed E-state index contributed by atoms with van der Waals surface area (Å²) in [7, 11) is 0. The van der Waals surface area contributed by atoms with E-state index >= 15 is 0 Å². The summed E-state index contributed by atoms with van der Waals surface area (Å²) in [5.74, 6) is 0. The minimum absolute atomic E-state index is 0.893. The number of rotatable bonds is 5. The summed E-state index contributed by atoms with van der Waals surface area (Å²) in [5, 5.41) is 0. The van der Waals surface area contributed by atoms with Crippen LogP contribution < -0.4 is 0 Å². The molecule has 3 nitrogen and oxygen atoms in total. The van der Waals surface area contributed by atoms with Crippen molar-refractivity contribution in [3.63, 3.8) is 0 Å². The van der Waals surface area contributed by atoms with Gasteiger partial charge in [-0.15, -0.1) is 0 Å². The van der Waals surface area contributed by atoms with Gasteiger partial charge in [-0.3, -0.25) is 4.98 Å². The van der Waals surface area contributed by atoms with E-state index in [1.165, 1.54) is 16.7 Å². The highest BCUT2D eigenvalue weighted by atomic mass is 15.0. The van der Waals surface area contributed by atoms with Gasteiger partial charge in [0, 0.05) is 18.9 Å². The van der Waals surface area contributed by atoms with Crippen molar-refractivity contribution in [2.24, 2.45) is 0 Å². The maximum atomic E-state index is 4.46. The minimum atomic E-state index is 0.893. The van der Waals surface area contributed by atoms with Crippen LogP contribution in [-0.4, -0.2) is 14.5 Å². The number of benzene rings is 1. The molecule has 0 unspecified atom stereocenters. The van der Waals surface area contributed by atoms with E-state index < -0.39 is 0 Å². The third-order valence-corrected chi connectivity index (χ3v) is 3.73. The number of imidazole rings is 1. The molecule has 0 amide bonds. The second-order valence-corrected chi connectivity index (χ2v) is 5.37. The number of hydrogen-bond donors (Lipinski definition) is 0. The van der Waals surface area contributed by atoms with Gasteiger partial charge in [0.15, 0.2) is 0 Å². The molecular formula is C19H19N3. The third kappa shape index (κ3) is 3.14. The lowest BCUT2D eigenvalue weighted by Crippen LogP contribution is -1.99. The van der Waals surface area contributed by atoms with Crippen LogP contribution in [0.5, 0.6) is 0 Å². The molecule has 110 valence electrons. The molecule has 0 aliphatic heterocycles. The predicted molar refractivity (Wildman–Crippen MR) is 90.4 cm³/mol. The number of nitrogens with zero attached hydrogens (tertiary/aromatic N) is 3. The highest BCUT2D eigenvalue weighted by molar-refractivity contribution is 5.54. The first-order valence-corrected chi connectivity index (χ1v) is 7.41. The van der Waals surface area contributed by atoms with Crippen LogP contribution in [-0.2, 0) is 13.0 Å². The quantitative estimate of drug-likeness (QED) is 0.706. The van der Waals surface area contributed by atoms with Crippen molar-refractivity contribution < 1.29 is 0 Å². The topological polar surface area (TPSA) is 30.7 Å². The fourth-order valence-electron chi connectivity index (χ4n) is 2.50. The maximum absolute atomic E-state index is 4.46. The number of aromatic nitrogens is 3. The second-order valence-electron chi connectivity index (χ2n) is 5.37. The van der Waals surface area contributed by atoms with Crippen molar-refractivity contribution >= 4 is 6.08 Å². The van der Waals surface area contributed by atoms with Gasteiger partial charge in [0.1, 0.15) is 5.69 Å². The monoisotopic (exact) mass is 289 g/mol. The zero-order valence-corrected chi connectivity index (χ0v) is 12.7. The van der Waals surface area contributed by atoms with Crippen molar-refractivity contribution in [3.8, 4) is 11.4 Å². The van der Waals surface area contributed by atoms with E-state index in [2.05, 4.69) is 58.5 Å². The van der Waals surface area contributed by atoms with Gasteiger partial charge in [0.25, 0.3) is 0 Å². The van der Waals surface area contributed by atoms with Crippen LogP contribution in [0.2, 0.25) is 0 Å². The highest BCUT2D eigenvalue weighted by Crippen LogP contribution is 2.16. The molecule has 0 spiro atoms. The second kappa shape index (κ2) is 6.39. The third-order valence-electron chi connectivity index (χ3n) is 3.73. The van der Waals surface area contributed by atoms with E-state index in [1.807, 2.05) is 30.7 Å². The van der Waals surface area contributed by atoms with Crippen LogP contribution in [0.4, 0.5) is 0 Å². The van der Waals surface area contributed by atoms with Crippen molar-refractivity contribution in [3.05, 3.63) is 78.4 Å². The lowest BCUT2D eigenvalue weighted by atomic mass is 10.0. The highest BCUT2D eigenvalue weighted by Gasteiger charge is 2.05. The summed E-state index contributed by atoms with van der Waals surface area (Å²) < 4.78 is 2.11. The summed E-state index contributed by atoms with van der Waals surface area (Å²) >= 11 is 0. The smallest absolute Gasteiger partial charge is 0.107 e. The van der Waals surface area contributed by atoms with Crippen LogP contribution in [0.25, 0.3) is 17.5 Å². The van der Waals surface area contributed by atoms with Crippen LogP contribution >= 0.6 is 0 Å². The molecule has 3 heteroatoms. The van der Waals surface area contributed by atoms with E-state index in [9.17, 15) is 0 Å². The van der Waals surface area contributed by atoms with Gasteiger partial charge in [0.05, 0.1) is 12.0 Å². The molecular weight excluding hydrogens is 270 g/mol. The zero-order chi connectivity index (χ0) is 15.4. The first kappa shape index (κ1) is 14.3. The molecule has 2 aromatic heterocycles. The molecule has 0 aliphatic rings. The average Bonchev–Trinajstić information content (AvgIpc) is 3.02. The van der Waals surface area contributed by atoms with Crippen LogP contribution in [0.3, 0.4) is 0 Å². The van der Waals surface area contributed by atoms with Gasteiger partial charge in [-0.1, -0.05) is 36.9 Å². The summed E-state index contributed by atoms with van der Waals surface area (Å²) in [6.07, 6.45) is 8.61. The number of aryl methyl sites for hydroxylation is 3. The number of pyridine rings is 1. The average molecular weight is 289 g/mol. The summed E-state index contributed by atoms with van der Waals surface area (Å²) in [6, 6.07) is 12.4. The summed E-state index contributed by atoms with van der Waals surface area (Å²) in [6.45, 7) is 6.83. The normalized spacial score (nSPS) is 10.6. The Morgan fingerprint density at radius 1 is 1.14 bits per heavy atom. The zero-order valence-electron chi connectivity index (χ0n) is 12.7. The fraction of sp³-hybridized carbons (Fsp3) is 0.158. The minimum Gasteiger partial charge on any atom is -0.336 e. The molecule has 0 aliphatic carbocycles. The summed E-state index contributed by atoms with van der Waals surface area (Å²) in [5.41, 5.74) is 5.54. The van der Waals surface area contributed by atoms with Gasteiger partial charge in [-0.25, -0.2) is 4.98 Å². The van der Waals surface area contributed by atoms with Gasteiger partial charge in [-0.2, -0.15) is 0 Å². The molecule has 22 heavy (non-hydrogen) atoms. The molecule has 0 N–H and O–H groups in total. The molecule has 1 aromatic carbocycles. The SMILES string of the molecule is C=Cc1ccccc1CCn1cnc(-c2cc(C)ccn2)c1. The Morgan fingerprint density at radius 3 is 2.82 bits per heavy atom. The van der Waals surface area contributed by atoms with Crippen molar-refractivity contribution in [1.82, 2.24) is 14.5 Å². The van der Waals surface area contributed by atoms with Gasteiger partial charge in [-0.05, 0) is 42.2 Å². The Balaban J connectivity index is 1.73. The van der Waals surface area contributed by atoms with Gasteiger partial charge >= 0.3 is 0 Å². The standard InChI is InChI=1S/C19H19N3/c1-3-16-6-4-5-7-17(16)9-11-22-13-19(21-14-22)18-12-15(2)8-10-20-18/h3-8,10,12-14H,1,9,11H2,2H3. The Bertz CT molecular complexity index is 787. The first-order valence-electron chi connectivity index (χ1n) is 7.41. The van der Waals surface area contributed by atoms with Crippen molar-refractivity contribution in [2.75, 3.05) is 0 Å². The van der Waals surface area contributed by atoms with E-state index in [1.54, 1.807) is 0 Å². The fourth-order valence-corrected chi connectivity index (χ4v) is 2.50. The van der Waals surface area contributed by atoms with Gasteiger partial charge < -0.3 is 4.57 Å². The first-order chi connectivity index (χ1) is 10.8. The Kier molecular flexibility index (Phi) is 4.15. The van der Waals surface area contributed by atoms with Crippen LogP contribution in [0.1, 0.15) is 16.7 Å². The largest absolute Gasteiger partial charge is 0.336 e. The molecule has 0 bridgehead atoms. The van der Waals surface area contributed by atoms with E-state index in [0.717, 1.165) is 24.4 Å². The number of hydrogen-bond acceptors (Lipinski definition) is 2. The molecule has 0 saturated carbocycles. The molecule has 0 atom stereocenters. The molecule has 0 radical (unpaired) electrons. The summed E-state index contributed by atoms with van der Waals surface area (Å²) in [4.78, 5) is 8.84. The molecule has 0 saturated heterocycles. The predicted octanol–water partition coefficient (Wildman–Crippen LogP) is 4.14. The van der Waals surface area contributed by atoms with Gasteiger partial charge in [0.2, 0.25) is 0 Å². The Labute approximate surface area is 131 Å². The Hall–Kier alpha value is -2.68. The molecule has 0 fully saturated rings.